The molecule has 0 saturated heterocycles. The lowest BCUT2D eigenvalue weighted by atomic mass is 9.88. The van der Waals surface area contributed by atoms with Crippen LogP contribution >= 0.6 is 0 Å². The van der Waals surface area contributed by atoms with Crippen LogP contribution in [0.2, 0.25) is 0 Å². The highest BCUT2D eigenvalue weighted by molar-refractivity contribution is 6.05. The first-order chi connectivity index (χ1) is 13.0. The predicted octanol–water partition coefficient (Wildman–Crippen LogP) is 3.29. The maximum atomic E-state index is 14.0. The summed E-state index contributed by atoms with van der Waals surface area (Å²) in [6.07, 6.45) is 0.330. The van der Waals surface area contributed by atoms with E-state index in [2.05, 4.69) is 0 Å². The maximum absolute atomic E-state index is 14.0. The molecule has 0 fully saturated rings. The van der Waals surface area contributed by atoms with E-state index in [-0.39, 0.29) is 23.9 Å². The summed E-state index contributed by atoms with van der Waals surface area (Å²) in [6, 6.07) is 6.25. The molecule has 0 unspecified atom stereocenters. The highest BCUT2D eigenvalue weighted by atomic mass is 19.1. The minimum absolute atomic E-state index is 0.148. The summed E-state index contributed by atoms with van der Waals surface area (Å²) in [6.45, 7) is 0.179. The first-order valence-corrected chi connectivity index (χ1v) is 8.36. The van der Waals surface area contributed by atoms with Gasteiger partial charge in [0.25, 0.3) is 0 Å². The Morgan fingerprint density at radius 2 is 1.70 bits per heavy atom. The van der Waals surface area contributed by atoms with E-state index in [9.17, 15) is 9.18 Å². The van der Waals surface area contributed by atoms with Gasteiger partial charge in [-0.1, -0.05) is 6.07 Å². The molecule has 1 aliphatic heterocycles. The molecule has 144 valence electrons. The van der Waals surface area contributed by atoms with E-state index in [0.717, 1.165) is 0 Å². The molecule has 1 aliphatic rings. The molecule has 1 atom stereocenters. The van der Waals surface area contributed by atoms with Crippen molar-refractivity contribution in [2.45, 2.75) is 6.42 Å². The predicted molar refractivity (Wildman–Crippen MR) is 96.1 cm³/mol. The van der Waals surface area contributed by atoms with Gasteiger partial charge < -0.3 is 23.7 Å². The summed E-state index contributed by atoms with van der Waals surface area (Å²) < 4.78 is 40.7. The van der Waals surface area contributed by atoms with E-state index in [1.165, 1.54) is 34.5 Å². The zero-order valence-corrected chi connectivity index (χ0v) is 15.6. The largest absolute Gasteiger partial charge is 0.494 e. The van der Waals surface area contributed by atoms with Gasteiger partial charge >= 0.3 is 0 Å². The van der Waals surface area contributed by atoms with E-state index in [0.29, 0.717) is 34.8 Å². The number of Topliss-reactive ketones (excluding diaryl/α,β-unsaturated/α-hetero) is 1. The number of rotatable bonds is 6. The second-order valence-electron chi connectivity index (χ2n) is 6.06. The second kappa shape index (κ2) is 7.73. The smallest absolute Gasteiger partial charge is 0.204 e. The molecule has 0 bridgehead atoms. The van der Waals surface area contributed by atoms with Crippen LogP contribution in [0.3, 0.4) is 0 Å². The SMILES string of the molecule is COc1ccc(C[C@@H]2COc3cc(OC)c(OC)c(OC)c3C2=O)cc1F. The third-order valence-corrected chi connectivity index (χ3v) is 4.55. The fraction of sp³-hybridized carbons (Fsp3) is 0.350. The Labute approximate surface area is 156 Å². The molecule has 1 heterocycles. The summed E-state index contributed by atoms with van der Waals surface area (Å²) in [5, 5.41) is 0. The van der Waals surface area contributed by atoms with Crippen LogP contribution in [0.15, 0.2) is 24.3 Å². The molecule has 2 aromatic rings. The third kappa shape index (κ3) is 3.37. The summed E-state index contributed by atoms with van der Waals surface area (Å²) >= 11 is 0. The Hall–Kier alpha value is -2.96. The van der Waals surface area contributed by atoms with Crippen LogP contribution in [-0.4, -0.2) is 40.8 Å². The molecular formula is C20H21FO6. The van der Waals surface area contributed by atoms with Crippen molar-refractivity contribution in [2.75, 3.05) is 35.0 Å². The number of hydrogen-bond acceptors (Lipinski definition) is 6. The molecule has 3 rings (SSSR count). The number of halogens is 1. The maximum Gasteiger partial charge on any atom is 0.204 e. The number of ketones is 1. The molecule has 27 heavy (non-hydrogen) atoms. The van der Waals surface area contributed by atoms with Gasteiger partial charge in [-0.3, -0.25) is 4.79 Å². The minimum atomic E-state index is -0.475. The van der Waals surface area contributed by atoms with Gasteiger partial charge in [0.05, 0.1) is 41.0 Å². The Morgan fingerprint density at radius 3 is 2.30 bits per heavy atom. The van der Waals surface area contributed by atoms with Gasteiger partial charge in [0.2, 0.25) is 5.75 Å². The fourth-order valence-electron chi connectivity index (χ4n) is 3.22. The van der Waals surface area contributed by atoms with Crippen LogP contribution < -0.4 is 23.7 Å². The van der Waals surface area contributed by atoms with E-state index < -0.39 is 11.7 Å². The first-order valence-electron chi connectivity index (χ1n) is 8.36. The van der Waals surface area contributed by atoms with Gasteiger partial charge in [0.1, 0.15) is 11.3 Å². The molecule has 0 N–H and O–H groups in total. The van der Waals surface area contributed by atoms with Gasteiger partial charge in [-0.05, 0) is 24.1 Å². The Balaban J connectivity index is 1.95. The quantitative estimate of drug-likeness (QED) is 0.771. The van der Waals surface area contributed by atoms with Gasteiger partial charge in [-0.2, -0.15) is 0 Å². The molecular weight excluding hydrogens is 355 g/mol. The van der Waals surface area contributed by atoms with E-state index >= 15 is 0 Å². The zero-order chi connectivity index (χ0) is 19.6. The summed E-state index contributed by atoms with van der Waals surface area (Å²) in [5.74, 6) is 0.456. The molecule has 0 spiro atoms. The standard InChI is InChI=1S/C20H21FO6/c1-23-14-6-5-11(8-13(14)21)7-12-10-27-15-9-16(24-2)19(25-3)20(26-4)17(15)18(12)22/h5-6,8-9,12H,7,10H2,1-4H3/t12-/m1/s1. The number of benzene rings is 2. The highest BCUT2D eigenvalue weighted by Crippen LogP contribution is 2.47. The molecule has 7 heteroatoms. The topological polar surface area (TPSA) is 63.2 Å². The van der Waals surface area contributed by atoms with Crippen LogP contribution in [0.1, 0.15) is 15.9 Å². The van der Waals surface area contributed by atoms with Gasteiger partial charge in [-0.15, -0.1) is 0 Å². The third-order valence-electron chi connectivity index (χ3n) is 4.55. The first kappa shape index (κ1) is 18.8. The lowest BCUT2D eigenvalue weighted by Gasteiger charge is -2.27. The van der Waals surface area contributed by atoms with E-state index in [1.807, 2.05) is 0 Å². The normalized spacial score (nSPS) is 15.6. The van der Waals surface area contributed by atoms with Crippen LogP contribution in [0.4, 0.5) is 4.39 Å². The Kier molecular flexibility index (Phi) is 5.39. The second-order valence-corrected chi connectivity index (χ2v) is 6.06. The van der Waals surface area contributed by atoms with Crippen molar-refractivity contribution >= 4 is 5.78 Å². The van der Waals surface area contributed by atoms with Crippen molar-refractivity contribution in [3.63, 3.8) is 0 Å². The van der Waals surface area contributed by atoms with Gasteiger partial charge in [-0.25, -0.2) is 4.39 Å². The van der Waals surface area contributed by atoms with Crippen LogP contribution in [0.25, 0.3) is 0 Å². The van der Waals surface area contributed by atoms with Crippen molar-refractivity contribution in [3.05, 3.63) is 41.2 Å². The summed E-state index contributed by atoms with van der Waals surface area (Å²) in [7, 11) is 5.82. The minimum Gasteiger partial charge on any atom is -0.494 e. The molecule has 0 saturated carbocycles. The Morgan fingerprint density at radius 1 is 1.00 bits per heavy atom. The number of hydrogen-bond donors (Lipinski definition) is 0. The van der Waals surface area contributed by atoms with E-state index in [4.69, 9.17) is 23.7 Å². The average Bonchev–Trinajstić information content (AvgIpc) is 2.68. The van der Waals surface area contributed by atoms with Crippen molar-refractivity contribution < 1.29 is 32.9 Å². The molecule has 0 radical (unpaired) electrons. The fourth-order valence-corrected chi connectivity index (χ4v) is 3.22. The van der Waals surface area contributed by atoms with Crippen LogP contribution in [-0.2, 0) is 6.42 Å². The van der Waals surface area contributed by atoms with Gasteiger partial charge in [0.15, 0.2) is 28.8 Å². The van der Waals surface area contributed by atoms with E-state index in [1.54, 1.807) is 18.2 Å². The lowest BCUT2D eigenvalue weighted by molar-refractivity contribution is 0.0823. The summed E-state index contributed by atoms with van der Waals surface area (Å²) in [4.78, 5) is 13.1. The van der Waals surface area contributed by atoms with Gasteiger partial charge in [0, 0.05) is 6.07 Å². The molecule has 6 nitrogen and oxygen atoms in total. The van der Waals surface area contributed by atoms with Crippen molar-refractivity contribution in [2.24, 2.45) is 5.92 Å². The monoisotopic (exact) mass is 376 g/mol. The van der Waals surface area contributed by atoms with Crippen molar-refractivity contribution in [3.8, 4) is 28.7 Å². The number of ether oxygens (including phenoxy) is 5. The molecule has 2 aromatic carbocycles. The highest BCUT2D eigenvalue weighted by Gasteiger charge is 2.35. The zero-order valence-electron chi connectivity index (χ0n) is 15.6. The number of carbonyl (C=O) groups is 1. The van der Waals surface area contributed by atoms with Crippen molar-refractivity contribution in [1.82, 2.24) is 0 Å². The lowest BCUT2D eigenvalue weighted by Crippen LogP contribution is -2.30. The Bertz CT molecular complexity index is 864. The molecule has 0 amide bonds. The number of methoxy groups -OCH3 is 4. The van der Waals surface area contributed by atoms with Crippen molar-refractivity contribution in [1.29, 1.82) is 0 Å². The molecule has 0 aromatic heterocycles. The van der Waals surface area contributed by atoms with Crippen LogP contribution in [0.5, 0.6) is 28.7 Å². The van der Waals surface area contributed by atoms with Crippen LogP contribution in [0, 0.1) is 11.7 Å². The number of carbonyl (C=O) groups excluding carboxylic acids is 1. The average molecular weight is 376 g/mol. The number of fused-ring (bicyclic) bond motifs is 1. The molecule has 0 aliphatic carbocycles. The summed E-state index contributed by atoms with van der Waals surface area (Å²) in [5.41, 5.74) is 0.985.